The Morgan fingerprint density at radius 3 is 2.23 bits per heavy atom. The highest BCUT2D eigenvalue weighted by Gasteiger charge is 2.18. The van der Waals surface area contributed by atoms with Gasteiger partial charge in [-0.15, -0.1) is 24.0 Å². The maximum absolute atomic E-state index is 4.80. The molecule has 1 aliphatic rings. The molecule has 1 aliphatic heterocycles. The Morgan fingerprint density at radius 2 is 1.62 bits per heavy atom. The summed E-state index contributed by atoms with van der Waals surface area (Å²) in [5, 5.41) is 6.87. The molecular weight excluding hydrogens is 437 g/mol. The molecule has 156 valence electrons. The first-order valence-corrected chi connectivity index (χ1v) is 10.5. The van der Waals surface area contributed by atoms with Crippen LogP contribution in [-0.4, -0.2) is 74.7 Å². The van der Waals surface area contributed by atoms with Crippen LogP contribution in [0.25, 0.3) is 0 Å². The Hall–Kier alpha value is -0.0800. The number of nitrogens with one attached hydrogen (secondary N) is 2. The van der Waals surface area contributed by atoms with Crippen LogP contribution in [0.15, 0.2) is 4.99 Å². The normalized spacial score (nSPS) is 17.8. The number of likely N-dealkylation sites (N-methyl/N-ethyl adjacent to an activating group) is 1. The molecule has 5 nitrogen and oxygen atoms in total. The van der Waals surface area contributed by atoms with E-state index in [1.165, 1.54) is 45.2 Å². The molecule has 0 aromatic rings. The van der Waals surface area contributed by atoms with E-state index in [0.29, 0.717) is 6.04 Å². The smallest absolute Gasteiger partial charge is 0.191 e. The molecule has 2 N–H and O–H groups in total. The number of hydrogen-bond donors (Lipinski definition) is 2. The second-order valence-corrected chi connectivity index (χ2v) is 7.93. The van der Waals surface area contributed by atoms with Gasteiger partial charge in [-0.3, -0.25) is 9.89 Å². The van der Waals surface area contributed by atoms with E-state index in [-0.39, 0.29) is 24.0 Å². The molecule has 1 atom stereocenters. The molecule has 0 saturated carbocycles. The summed E-state index contributed by atoms with van der Waals surface area (Å²) in [5.74, 6) is 1.82. The van der Waals surface area contributed by atoms with Crippen LogP contribution in [0.1, 0.15) is 59.8 Å². The molecule has 0 spiro atoms. The molecule has 0 bridgehead atoms. The molecule has 1 saturated heterocycles. The number of piperazine rings is 1. The third-order valence-corrected chi connectivity index (χ3v) is 5.02. The standard InChI is InChI=1S/C20H43N5.HI/c1-6-21-20(22-12-10-8-7-9-11-18(2)3)23-17-19(4)25-15-13-24(5)14-16-25;/h18-19H,6-17H2,1-5H3,(H2,21,22,23);1H. The largest absolute Gasteiger partial charge is 0.357 e. The molecule has 26 heavy (non-hydrogen) atoms. The zero-order valence-corrected chi connectivity index (χ0v) is 20.2. The second-order valence-electron chi connectivity index (χ2n) is 7.93. The summed E-state index contributed by atoms with van der Waals surface area (Å²) in [6, 6.07) is 0.514. The van der Waals surface area contributed by atoms with E-state index in [0.717, 1.165) is 44.6 Å². The van der Waals surface area contributed by atoms with Crippen molar-refractivity contribution in [2.45, 2.75) is 65.8 Å². The van der Waals surface area contributed by atoms with Crippen LogP contribution in [0, 0.1) is 5.92 Å². The molecule has 0 aromatic carbocycles. The SMILES string of the molecule is CCNC(=NCC(C)N1CCN(C)CC1)NCCCCCCC(C)C.I. The van der Waals surface area contributed by atoms with Gasteiger partial charge in [0.2, 0.25) is 0 Å². The number of guanidine groups is 1. The summed E-state index contributed by atoms with van der Waals surface area (Å²) in [7, 11) is 2.20. The van der Waals surface area contributed by atoms with Gasteiger partial charge in [-0.2, -0.15) is 0 Å². The van der Waals surface area contributed by atoms with E-state index in [1.54, 1.807) is 0 Å². The predicted octanol–water partition coefficient (Wildman–Crippen LogP) is 3.40. The van der Waals surface area contributed by atoms with Gasteiger partial charge in [0.25, 0.3) is 0 Å². The zero-order valence-electron chi connectivity index (χ0n) is 17.9. The second kappa shape index (κ2) is 15.9. The van der Waals surface area contributed by atoms with Gasteiger partial charge in [0.15, 0.2) is 5.96 Å². The molecule has 1 fully saturated rings. The summed E-state index contributed by atoms with van der Waals surface area (Å²) in [4.78, 5) is 9.76. The highest BCUT2D eigenvalue weighted by Crippen LogP contribution is 2.09. The first kappa shape index (κ1) is 25.9. The van der Waals surface area contributed by atoms with Crippen molar-refractivity contribution in [2.24, 2.45) is 10.9 Å². The maximum atomic E-state index is 4.80. The van der Waals surface area contributed by atoms with Crippen LogP contribution < -0.4 is 10.6 Å². The average molecular weight is 482 g/mol. The van der Waals surface area contributed by atoms with Gasteiger partial charge in [0.1, 0.15) is 0 Å². The van der Waals surface area contributed by atoms with Crippen LogP contribution in [0.4, 0.5) is 0 Å². The van der Waals surface area contributed by atoms with Gasteiger partial charge in [0.05, 0.1) is 6.54 Å². The van der Waals surface area contributed by atoms with Crippen LogP contribution in [-0.2, 0) is 0 Å². The van der Waals surface area contributed by atoms with Gasteiger partial charge in [-0.05, 0) is 33.2 Å². The average Bonchev–Trinajstić information content (AvgIpc) is 2.58. The molecule has 1 heterocycles. The number of rotatable bonds is 11. The molecule has 0 amide bonds. The van der Waals surface area contributed by atoms with E-state index in [1.807, 2.05) is 0 Å². The van der Waals surface area contributed by atoms with Crippen LogP contribution in [0.3, 0.4) is 0 Å². The third-order valence-electron chi connectivity index (χ3n) is 5.02. The fourth-order valence-corrected chi connectivity index (χ4v) is 3.18. The lowest BCUT2D eigenvalue weighted by molar-refractivity contribution is 0.122. The molecule has 0 aliphatic carbocycles. The topological polar surface area (TPSA) is 42.9 Å². The van der Waals surface area contributed by atoms with Crippen molar-refractivity contribution in [1.29, 1.82) is 0 Å². The first-order valence-electron chi connectivity index (χ1n) is 10.5. The lowest BCUT2D eigenvalue weighted by atomic mass is 10.0. The Morgan fingerprint density at radius 1 is 0.962 bits per heavy atom. The van der Waals surface area contributed by atoms with Crippen molar-refractivity contribution in [3.63, 3.8) is 0 Å². The minimum atomic E-state index is 0. The Balaban J connectivity index is 0.00000625. The summed E-state index contributed by atoms with van der Waals surface area (Å²) in [6.45, 7) is 16.5. The fraction of sp³-hybridized carbons (Fsp3) is 0.950. The molecule has 6 heteroatoms. The van der Waals surface area contributed by atoms with Crippen molar-refractivity contribution >= 4 is 29.9 Å². The maximum Gasteiger partial charge on any atom is 0.191 e. The minimum absolute atomic E-state index is 0. The lowest BCUT2D eigenvalue weighted by Crippen LogP contribution is -2.49. The van der Waals surface area contributed by atoms with E-state index >= 15 is 0 Å². The highest BCUT2D eigenvalue weighted by atomic mass is 127. The number of unbranched alkanes of at least 4 members (excludes halogenated alkanes) is 3. The Kier molecular flexibility index (Phi) is 15.9. The van der Waals surface area contributed by atoms with Gasteiger partial charge < -0.3 is 15.5 Å². The predicted molar refractivity (Wildman–Crippen MR) is 126 cm³/mol. The van der Waals surface area contributed by atoms with Crippen molar-refractivity contribution < 1.29 is 0 Å². The molecule has 1 rings (SSSR count). The highest BCUT2D eigenvalue weighted by molar-refractivity contribution is 14.0. The Bertz CT molecular complexity index is 354. The number of hydrogen-bond acceptors (Lipinski definition) is 3. The lowest BCUT2D eigenvalue weighted by Gasteiger charge is -2.35. The quantitative estimate of drug-likeness (QED) is 0.206. The summed E-state index contributed by atoms with van der Waals surface area (Å²) in [6.07, 6.45) is 6.64. The van der Waals surface area contributed by atoms with Crippen molar-refractivity contribution in [3.8, 4) is 0 Å². The van der Waals surface area contributed by atoms with Gasteiger partial charge in [-0.25, -0.2) is 0 Å². The Labute approximate surface area is 179 Å². The first-order chi connectivity index (χ1) is 12.0. The van der Waals surface area contributed by atoms with Gasteiger partial charge in [-0.1, -0.05) is 39.5 Å². The fourth-order valence-electron chi connectivity index (χ4n) is 3.18. The monoisotopic (exact) mass is 481 g/mol. The summed E-state index contributed by atoms with van der Waals surface area (Å²) < 4.78 is 0. The number of nitrogens with zero attached hydrogens (tertiary/aromatic N) is 3. The summed E-state index contributed by atoms with van der Waals surface area (Å²) >= 11 is 0. The number of aliphatic imine (C=N–C) groups is 1. The minimum Gasteiger partial charge on any atom is -0.357 e. The number of halogens is 1. The van der Waals surface area contributed by atoms with Crippen LogP contribution >= 0.6 is 24.0 Å². The van der Waals surface area contributed by atoms with Crippen LogP contribution in [0.2, 0.25) is 0 Å². The van der Waals surface area contributed by atoms with Crippen LogP contribution in [0.5, 0.6) is 0 Å². The van der Waals surface area contributed by atoms with Gasteiger partial charge in [0, 0.05) is 45.3 Å². The van der Waals surface area contributed by atoms with E-state index in [9.17, 15) is 0 Å². The van der Waals surface area contributed by atoms with Crippen molar-refractivity contribution in [3.05, 3.63) is 0 Å². The van der Waals surface area contributed by atoms with E-state index in [4.69, 9.17) is 4.99 Å². The molecular formula is C20H44IN5. The van der Waals surface area contributed by atoms with Crippen molar-refractivity contribution in [1.82, 2.24) is 20.4 Å². The van der Waals surface area contributed by atoms with E-state index in [2.05, 4.69) is 55.2 Å². The summed E-state index contributed by atoms with van der Waals surface area (Å²) in [5.41, 5.74) is 0. The molecule has 1 unspecified atom stereocenters. The third kappa shape index (κ3) is 12.3. The van der Waals surface area contributed by atoms with Gasteiger partial charge >= 0.3 is 0 Å². The van der Waals surface area contributed by atoms with Crippen molar-refractivity contribution in [2.75, 3.05) is 52.9 Å². The zero-order chi connectivity index (χ0) is 18.5. The molecule has 0 radical (unpaired) electrons. The van der Waals surface area contributed by atoms with E-state index < -0.39 is 0 Å². The molecule has 0 aromatic heterocycles.